The molecule has 0 spiro atoms. The Morgan fingerprint density at radius 1 is 1.42 bits per heavy atom. The van der Waals surface area contributed by atoms with Gasteiger partial charge in [0.2, 0.25) is 0 Å². The fourth-order valence-electron chi connectivity index (χ4n) is 1.24. The van der Waals surface area contributed by atoms with E-state index in [1.165, 1.54) is 5.56 Å². The van der Waals surface area contributed by atoms with Gasteiger partial charge < -0.3 is 4.74 Å². The Morgan fingerprint density at radius 2 is 2.17 bits per heavy atom. The van der Waals surface area contributed by atoms with Crippen molar-refractivity contribution in [2.45, 2.75) is 19.8 Å². The maximum atomic E-state index is 5.62. The highest BCUT2D eigenvalue weighted by atomic mass is 16.5. The molecule has 0 aliphatic carbocycles. The summed E-state index contributed by atoms with van der Waals surface area (Å²) in [6.45, 7) is 2.15. The van der Waals surface area contributed by atoms with Gasteiger partial charge >= 0.3 is 0 Å². The molecular weight excluding hydrogens is 147 g/mol. The molecule has 0 aliphatic rings. The van der Waals surface area contributed by atoms with Gasteiger partial charge in [-0.25, -0.2) is 0 Å². The molecule has 0 N–H and O–H groups in total. The molecule has 1 nitrogen and oxygen atoms in total. The van der Waals surface area contributed by atoms with E-state index in [1.54, 1.807) is 7.11 Å². The second-order valence-corrected chi connectivity index (χ2v) is 2.82. The number of rotatable bonds is 3. The van der Waals surface area contributed by atoms with Crippen molar-refractivity contribution in [2.75, 3.05) is 7.11 Å². The van der Waals surface area contributed by atoms with Crippen LogP contribution in [0.25, 0.3) is 0 Å². The maximum absolute atomic E-state index is 5.62. The molecule has 2 radical (unpaired) electrons. The van der Waals surface area contributed by atoms with Crippen molar-refractivity contribution >= 4 is 13.3 Å². The molecule has 0 atom stereocenters. The van der Waals surface area contributed by atoms with Crippen molar-refractivity contribution in [2.24, 2.45) is 0 Å². The van der Waals surface area contributed by atoms with E-state index in [2.05, 4.69) is 6.92 Å². The van der Waals surface area contributed by atoms with Crippen LogP contribution in [-0.2, 0) is 6.42 Å². The molecule has 1 rings (SSSR count). The van der Waals surface area contributed by atoms with Gasteiger partial charge in [0.1, 0.15) is 13.6 Å². The smallest absolute Gasteiger partial charge is 0.121 e. The average Bonchev–Trinajstić information content (AvgIpc) is 2.08. The van der Waals surface area contributed by atoms with Crippen molar-refractivity contribution in [1.29, 1.82) is 0 Å². The average molecular weight is 160 g/mol. The van der Waals surface area contributed by atoms with Gasteiger partial charge in [-0.3, -0.25) is 0 Å². The number of hydrogen-bond acceptors (Lipinski definition) is 1. The van der Waals surface area contributed by atoms with Crippen LogP contribution in [0.1, 0.15) is 18.9 Å². The fraction of sp³-hybridized carbons (Fsp3) is 0.400. The molecule has 0 bridgehead atoms. The lowest BCUT2D eigenvalue weighted by Crippen LogP contribution is -2.04. The quantitative estimate of drug-likeness (QED) is 0.608. The summed E-state index contributed by atoms with van der Waals surface area (Å²) >= 11 is 0. The molecule has 0 saturated heterocycles. The molecule has 1 aromatic rings. The Kier molecular flexibility index (Phi) is 3.21. The minimum atomic E-state index is 0.756. The Morgan fingerprint density at radius 3 is 2.75 bits per heavy atom. The van der Waals surface area contributed by atoms with Crippen LogP contribution in [0.2, 0.25) is 0 Å². The van der Waals surface area contributed by atoms with Crippen molar-refractivity contribution in [1.82, 2.24) is 0 Å². The summed E-state index contributed by atoms with van der Waals surface area (Å²) in [5, 5.41) is 0. The van der Waals surface area contributed by atoms with Gasteiger partial charge in [0.05, 0.1) is 7.11 Å². The number of benzene rings is 1. The summed E-state index contributed by atoms with van der Waals surface area (Å²) in [5.41, 5.74) is 1.99. The highest BCUT2D eigenvalue weighted by molar-refractivity contribution is 6.32. The molecule has 0 aromatic heterocycles. The molecule has 62 valence electrons. The summed E-state index contributed by atoms with van der Waals surface area (Å²) < 4.78 is 5.20. The summed E-state index contributed by atoms with van der Waals surface area (Å²) in [6.07, 6.45) is 2.17. The largest absolute Gasteiger partial charge is 0.497 e. The third kappa shape index (κ3) is 2.03. The molecule has 0 amide bonds. The molecule has 12 heavy (non-hydrogen) atoms. The van der Waals surface area contributed by atoms with Gasteiger partial charge in [-0.2, -0.15) is 0 Å². The normalized spacial score (nSPS) is 9.83. The zero-order valence-electron chi connectivity index (χ0n) is 7.63. The highest BCUT2D eigenvalue weighted by Gasteiger charge is 2.00. The SMILES string of the molecule is [B]c1ccc(CCC)c(OC)c1. The number of hydrogen-bond donors (Lipinski definition) is 0. The first-order valence-corrected chi connectivity index (χ1v) is 4.20. The van der Waals surface area contributed by atoms with E-state index in [0.717, 1.165) is 24.1 Å². The number of methoxy groups -OCH3 is 1. The van der Waals surface area contributed by atoms with E-state index in [1.807, 2.05) is 18.2 Å². The predicted octanol–water partition coefficient (Wildman–Crippen LogP) is 1.44. The molecule has 0 saturated carbocycles. The Hall–Kier alpha value is -0.915. The van der Waals surface area contributed by atoms with E-state index in [0.29, 0.717) is 0 Å². The van der Waals surface area contributed by atoms with Gasteiger partial charge in [0, 0.05) is 0 Å². The van der Waals surface area contributed by atoms with Crippen LogP contribution in [0.5, 0.6) is 5.75 Å². The molecule has 0 heterocycles. The van der Waals surface area contributed by atoms with Gasteiger partial charge in [-0.1, -0.05) is 30.9 Å². The van der Waals surface area contributed by atoms with E-state index < -0.39 is 0 Å². The third-order valence-corrected chi connectivity index (χ3v) is 1.83. The lowest BCUT2D eigenvalue weighted by Gasteiger charge is -2.07. The monoisotopic (exact) mass is 160 g/mol. The van der Waals surface area contributed by atoms with Gasteiger partial charge in [-0.05, 0) is 18.1 Å². The van der Waals surface area contributed by atoms with Crippen LogP contribution in [0.4, 0.5) is 0 Å². The summed E-state index contributed by atoms with van der Waals surface area (Å²) in [6, 6.07) is 5.80. The first kappa shape index (κ1) is 9.18. The summed E-state index contributed by atoms with van der Waals surface area (Å²) in [5.74, 6) is 0.900. The number of aryl methyl sites for hydroxylation is 1. The van der Waals surface area contributed by atoms with Crippen molar-refractivity contribution < 1.29 is 4.74 Å². The molecule has 1 aromatic carbocycles. The van der Waals surface area contributed by atoms with E-state index in [9.17, 15) is 0 Å². The van der Waals surface area contributed by atoms with Crippen LogP contribution in [0, 0.1) is 0 Å². The van der Waals surface area contributed by atoms with Gasteiger partial charge in [0.15, 0.2) is 0 Å². The second-order valence-electron chi connectivity index (χ2n) is 2.82. The zero-order valence-corrected chi connectivity index (χ0v) is 7.63. The minimum absolute atomic E-state index is 0.756. The number of ether oxygens (including phenoxy) is 1. The molecule has 0 aliphatic heterocycles. The van der Waals surface area contributed by atoms with E-state index in [4.69, 9.17) is 12.6 Å². The van der Waals surface area contributed by atoms with Crippen LogP contribution < -0.4 is 10.2 Å². The maximum Gasteiger partial charge on any atom is 0.121 e. The van der Waals surface area contributed by atoms with E-state index >= 15 is 0 Å². The molecule has 0 unspecified atom stereocenters. The van der Waals surface area contributed by atoms with Gasteiger partial charge in [-0.15, -0.1) is 0 Å². The Bertz CT molecular complexity index is 258. The lowest BCUT2D eigenvalue weighted by molar-refractivity contribution is 0.410. The van der Waals surface area contributed by atoms with Gasteiger partial charge in [0.25, 0.3) is 0 Å². The first-order chi connectivity index (χ1) is 5.77. The van der Waals surface area contributed by atoms with Crippen LogP contribution in [0.15, 0.2) is 18.2 Å². The highest BCUT2D eigenvalue weighted by Crippen LogP contribution is 2.17. The minimum Gasteiger partial charge on any atom is -0.497 e. The van der Waals surface area contributed by atoms with Crippen LogP contribution in [-0.4, -0.2) is 15.0 Å². The second kappa shape index (κ2) is 4.20. The van der Waals surface area contributed by atoms with Crippen molar-refractivity contribution in [3.8, 4) is 5.75 Å². The molecular formula is C10H13BO. The Balaban J connectivity index is 2.94. The lowest BCUT2D eigenvalue weighted by atomic mass is 9.94. The predicted molar refractivity (Wildman–Crippen MR) is 52.4 cm³/mol. The topological polar surface area (TPSA) is 9.23 Å². The third-order valence-electron chi connectivity index (χ3n) is 1.83. The molecule has 2 heteroatoms. The molecule has 0 fully saturated rings. The zero-order chi connectivity index (χ0) is 8.97. The van der Waals surface area contributed by atoms with Crippen molar-refractivity contribution in [3.05, 3.63) is 23.8 Å². The summed E-state index contributed by atoms with van der Waals surface area (Å²) in [4.78, 5) is 0. The fourth-order valence-corrected chi connectivity index (χ4v) is 1.24. The summed E-state index contributed by atoms with van der Waals surface area (Å²) in [7, 11) is 7.29. The standard InChI is InChI=1S/C10H13BO/c1-3-4-8-5-6-9(11)7-10(8)12-2/h5-7H,3-4H2,1-2H3. The van der Waals surface area contributed by atoms with Crippen LogP contribution in [0.3, 0.4) is 0 Å². The Labute approximate surface area is 75.2 Å². The van der Waals surface area contributed by atoms with Crippen molar-refractivity contribution in [3.63, 3.8) is 0 Å². The van der Waals surface area contributed by atoms with E-state index in [-0.39, 0.29) is 0 Å². The first-order valence-electron chi connectivity index (χ1n) is 4.20. The van der Waals surface area contributed by atoms with Crippen LogP contribution >= 0.6 is 0 Å².